The first-order valence-electron chi connectivity index (χ1n) is 3.96. The molecule has 0 saturated carbocycles. The summed E-state index contributed by atoms with van der Waals surface area (Å²) < 4.78 is 0. The zero-order valence-electron chi connectivity index (χ0n) is 7.53. The number of hydrogen-bond acceptors (Lipinski definition) is 1. The molecule has 0 unspecified atom stereocenters. The van der Waals surface area contributed by atoms with Gasteiger partial charge in [-0.2, -0.15) is 0 Å². The van der Waals surface area contributed by atoms with Crippen LogP contribution in [0, 0.1) is 0 Å². The Labute approximate surface area is 77.8 Å². The molecule has 0 spiro atoms. The molecule has 66 valence electrons. The van der Waals surface area contributed by atoms with Gasteiger partial charge in [0.25, 0.3) is 0 Å². The van der Waals surface area contributed by atoms with Crippen LogP contribution in [0.25, 0.3) is 0 Å². The molecular formula is C11H11NO. The molecule has 0 heterocycles. The predicted molar refractivity (Wildman–Crippen MR) is 53.3 cm³/mol. The average Bonchev–Trinajstić information content (AvgIpc) is 2.15. The first-order valence-corrected chi connectivity index (χ1v) is 3.96. The van der Waals surface area contributed by atoms with Gasteiger partial charge in [0, 0.05) is 12.6 Å². The Balaban J connectivity index is 3.02. The summed E-state index contributed by atoms with van der Waals surface area (Å²) in [6.07, 6.45) is 1.53. The molecule has 0 atom stereocenters. The van der Waals surface area contributed by atoms with E-state index >= 15 is 0 Å². The van der Waals surface area contributed by atoms with Crippen molar-refractivity contribution in [2.24, 2.45) is 0 Å². The van der Waals surface area contributed by atoms with Gasteiger partial charge < -0.3 is 0 Å². The van der Waals surface area contributed by atoms with Gasteiger partial charge in [-0.15, -0.1) is 5.73 Å². The number of para-hydroxylation sites is 1. The Bertz CT molecular complexity index is 334. The van der Waals surface area contributed by atoms with Gasteiger partial charge in [0.15, 0.2) is 0 Å². The second-order valence-electron chi connectivity index (χ2n) is 2.56. The minimum absolute atomic E-state index is 0.0534. The van der Waals surface area contributed by atoms with E-state index in [9.17, 15) is 4.79 Å². The molecule has 2 heteroatoms. The summed E-state index contributed by atoms with van der Waals surface area (Å²) in [6, 6.07) is 9.37. The molecule has 0 saturated heterocycles. The molecule has 0 aliphatic rings. The first kappa shape index (κ1) is 9.30. The van der Waals surface area contributed by atoms with Crippen molar-refractivity contribution in [3.8, 4) is 0 Å². The molecule has 1 aromatic carbocycles. The van der Waals surface area contributed by atoms with Crippen LogP contribution in [0.15, 0.2) is 48.8 Å². The molecular weight excluding hydrogens is 162 g/mol. The largest absolute Gasteiger partial charge is 0.281 e. The summed E-state index contributed by atoms with van der Waals surface area (Å²) in [7, 11) is 0. The topological polar surface area (TPSA) is 20.3 Å². The molecule has 0 radical (unpaired) electrons. The quantitative estimate of drug-likeness (QED) is 0.628. The lowest BCUT2D eigenvalue weighted by atomic mass is 10.3. The molecule has 2 nitrogen and oxygen atoms in total. The summed E-state index contributed by atoms with van der Waals surface area (Å²) in [5.41, 5.74) is 3.40. The zero-order valence-corrected chi connectivity index (χ0v) is 7.53. The molecule has 1 amide bonds. The highest BCUT2D eigenvalue weighted by Crippen LogP contribution is 2.13. The van der Waals surface area contributed by atoms with Crippen molar-refractivity contribution in [3.63, 3.8) is 0 Å². The van der Waals surface area contributed by atoms with Crippen LogP contribution in [0.5, 0.6) is 0 Å². The number of rotatable bonds is 2. The normalized spacial score (nSPS) is 8.69. The summed E-state index contributed by atoms with van der Waals surface area (Å²) in [6.45, 7) is 4.93. The van der Waals surface area contributed by atoms with Gasteiger partial charge in [0.05, 0.1) is 6.20 Å². The molecule has 0 bridgehead atoms. The number of amides is 1. The maximum absolute atomic E-state index is 11.2. The predicted octanol–water partition coefficient (Wildman–Crippen LogP) is 2.34. The van der Waals surface area contributed by atoms with E-state index in [1.54, 1.807) is 0 Å². The van der Waals surface area contributed by atoms with Crippen LogP contribution in [0.3, 0.4) is 0 Å². The van der Waals surface area contributed by atoms with Gasteiger partial charge in [-0.3, -0.25) is 9.69 Å². The number of benzene rings is 1. The maximum atomic E-state index is 11.2. The van der Waals surface area contributed by atoms with Gasteiger partial charge >= 0.3 is 0 Å². The van der Waals surface area contributed by atoms with Crippen molar-refractivity contribution < 1.29 is 4.79 Å². The molecule has 0 aliphatic carbocycles. The third kappa shape index (κ3) is 2.32. The van der Waals surface area contributed by atoms with Crippen LogP contribution in [-0.2, 0) is 4.79 Å². The Morgan fingerprint density at radius 2 is 2.08 bits per heavy atom. The smallest absolute Gasteiger partial charge is 0.228 e. The van der Waals surface area contributed by atoms with E-state index in [4.69, 9.17) is 0 Å². The van der Waals surface area contributed by atoms with Gasteiger partial charge in [-0.05, 0) is 12.1 Å². The lowest BCUT2D eigenvalue weighted by Crippen LogP contribution is -2.21. The van der Waals surface area contributed by atoms with Gasteiger partial charge in [-0.25, -0.2) is 0 Å². The molecule has 1 rings (SSSR count). The molecule has 0 aromatic heterocycles. The van der Waals surface area contributed by atoms with E-state index in [0.29, 0.717) is 0 Å². The Kier molecular flexibility index (Phi) is 3.07. The van der Waals surface area contributed by atoms with Crippen molar-refractivity contribution in [2.45, 2.75) is 6.92 Å². The fourth-order valence-corrected chi connectivity index (χ4v) is 1.03. The van der Waals surface area contributed by atoms with Crippen molar-refractivity contribution in [2.75, 3.05) is 4.90 Å². The second-order valence-corrected chi connectivity index (χ2v) is 2.56. The number of hydrogen-bond donors (Lipinski definition) is 0. The summed E-state index contributed by atoms with van der Waals surface area (Å²) in [5.74, 6) is -0.0534. The Morgan fingerprint density at radius 3 is 2.54 bits per heavy atom. The molecule has 0 fully saturated rings. The fourth-order valence-electron chi connectivity index (χ4n) is 1.03. The van der Waals surface area contributed by atoms with Crippen molar-refractivity contribution in [1.82, 2.24) is 0 Å². The Morgan fingerprint density at radius 1 is 1.46 bits per heavy atom. The number of nitrogens with zero attached hydrogens (tertiary/aromatic N) is 1. The summed E-state index contributed by atoms with van der Waals surface area (Å²) in [5, 5.41) is 0. The summed E-state index contributed by atoms with van der Waals surface area (Å²) in [4.78, 5) is 12.7. The van der Waals surface area contributed by atoms with E-state index in [-0.39, 0.29) is 5.91 Å². The van der Waals surface area contributed by atoms with E-state index < -0.39 is 0 Å². The van der Waals surface area contributed by atoms with Crippen LogP contribution in [-0.4, -0.2) is 5.91 Å². The number of carbonyl (C=O) groups excluding carboxylic acids is 1. The van der Waals surface area contributed by atoms with E-state index in [2.05, 4.69) is 12.3 Å². The van der Waals surface area contributed by atoms with Crippen LogP contribution < -0.4 is 4.90 Å². The third-order valence-electron chi connectivity index (χ3n) is 1.59. The molecule has 0 aliphatic heterocycles. The zero-order chi connectivity index (χ0) is 9.68. The Hall–Kier alpha value is -1.79. The van der Waals surface area contributed by atoms with Crippen molar-refractivity contribution >= 4 is 11.6 Å². The van der Waals surface area contributed by atoms with Gasteiger partial charge in [-0.1, -0.05) is 24.8 Å². The number of anilines is 1. The van der Waals surface area contributed by atoms with Crippen LogP contribution >= 0.6 is 0 Å². The standard InChI is InChI=1S/C11H11NO/c1-3-9-12(10(2)13)11-7-5-4-6-8-11/h4-9H,1H2,2H3. The second kappa shape index (κ2) is 4.29. The van der Waals surface area contributed by atoms with Crippen LogP contribution in [0.4, 0.5) is 5.69 Å². The maximum Gasteiger partial charge on any atom is 0.228 e. The van der Waals surface area contributed by atoms with E-state index in [0.717, 1.165) is 5.69 Å². The third-order valence-corrected chi connectivity index (χ3v) is 1.59. The molecule has 1 aromatic rings. The number of carbonyl (C=O) groups is 1. The first-order chi connectivity index (χ1) is 6.25. The minimum Gasteiger partial charge on any atom is -0.281 e. The van der Waals surface area contributed by atoms with E-state index in [1.165, 1.54) is 18.0 Å². The highest BCUT2D eigenvalue weighted by atomic mass is 16.2. The molecule has 0 N–H and O–H groups in total. The fraction of sp³-hybridized carbons (Fsp3) is 0.0909. The van der Waals surface area contributed by atoms with E-state index in [1.807, 2.05) is 30.3 Å². The minimum atomic E-state index is -0.0534. The monoisotopic (exact) mass is 173 g/mol. The van der Waals surface area contributed by atoms with Crippen molar-refractivity contribution in [1.29, 1.82) is 0 Å². The van der Waals surface area contributed by atoms with Crippen molar-refractivity contribution in [3.05, 3.63) is 48.8 Å². The lowest BCUT2D eigenvalue weighted by Gasteiger charge is -2.14. The highest BCUT2D eigenvalue weighted by Gasteiger charge is 2.05. The molecule has 13 heavy (non-hydrogen) atoms. The highest BCUT2D eigenvalue weighted by molar-refractivity contribution is 5.93. The van der Waals surface area contributed by atoms with Crippen LogP contribution in [0.1, 0.15) is 6.92 Å². The van der Waals surface area contributed by atoms with Crippen LogP contribution in [0.2, 0.25) is 0 Å². The summed E-state index contributed by atoms with van der Waals surface area (Å²) >= 11 is 0. The lowest BCUT2D eigenvalue weighted by molar-refractivity contribution is -0.115. The van der Waals surface area contributed by atoms with Gasteiger partial charge in [0.1, 0.15) is 0 Å². The SMILES string of the molecule is C=C=CN(C(C)=O)c1ccccc1. The van der Waals surface area contributed by atoms with Gasteiger partial charge in [0.2, 0.25) is 5.91 Å². The average molecular weight is 173 g/mol.